The average molecular weight is 494 g/mol. The van der Waals surface area contributed by atoms with Gasteiger partial charge in [0.15, 0.2) is 11.8 Å². The van der Waals surface area contributed by atoms with Gasteiger partial charge in [0, 0.05) is 26.3 Å². The third-order valence-corrected chi connectivity index (χ3v) is 4.50. The van der Waals surface area contributed by atoms with Crippen molar-refractivity contribution in [1.82, 2.24) is 35.2 Å². The molecule has 2 heterocycles. The van der Waals surface area contributed by atoms with Gasteiger partial charge < -0.3 is 15.2 Å². The summed E-state index contributed by atoms with van der Waals surface area (Å²) in [5.74, 6) is 2.45. The molecule has 0 atom stereocenters. The smallest absolute Gasteiger partial charge is 0.191 e. The minimum atomic E-state index is 0. The molecule has 0 aliphatic rings. The molecule has 3 rings (SSSR count). The van der Waals surface area contributed by atoms with Crippen molar-refractivity contribution in [2.24, 2.45) is 12.0 Å². The number of nitrogens with one attached hydrogen (secondary N) is 2. The highest BCUT2D eigenvalue weighted by atomic mass is 127. The maximum atomic E-state index is 4.60. The van der Waals surface area contributed by atoms with Crippen LogP contribution < -0.4 is 10.6 Å². The van der Waals surface area contributed by atoms with E-state index in [1.807, 2.05) is 42.3 Å². The normalized spacial score (nSPS) is 11.2. The second kappa shape index (κ2) is 9.67. The third kappa shape index (κ3) is 4.89. The van der Waals surface area contributed by atoms with Crippen LogP contribution in [-0.2, 0) is 20.1 Å². The Morgan fingerprint density at radius 2 is 1.79 bits per heavy atom. The van der Waals surface area contributed by atoms with Gasteiger partial charge in [0.05, 0.1) is 17.9 Å². The van der Waals surface area contributed by atoms with Crippen LogP contribution in [-0.4, -0.2) is 37.6 Å². The Balaban J connectivity index is 0.00000280. The van der Waals surface area contributed by atoms with Crippen molar-refractivity contribution in [3.05, 3.63) is 58.9 Å². The minimum Gasteiger partial charge on any atom is -0.352 e. The van der Waals surface area contributed by atoms with E-state index in [4.69, 9.17) is 0 Å². The zero-order valence-electron chi connectivity index (χ0n) is 16.9. The molecule has 8 nitrogen and oxygen atoms in total. The molecule has 0 saturated carbocycles. The van der Waals surface area contributed by atoms with E-state index in [0.29, 0.717) is 19.0 Å². The van der Waals surface area contributed by atoms with Crippen molar-refractivity contribution in [3.8, 4) is 5.69 Å². The first kappa shape index (κ1) is 21.9. The van der Waals surface area contributed by atoms with Gasteiger partial charge in [-0.1, -0.05) is 18.2 Å². The fraction of sp³-hybridized carbons (Fsp3) is 0.368. The third-order valence-electron chi connectivity index (χ3n) is 4.50. The molecular weight excluding hydrogens is 467 g/mol. The maximum Gasteiger partial charge on any atom is 0.191 e. The van der Waals surface area contributed by atoms with Crippen molar-refractivity contribution in [2.45, 2.75) is 33.9 Å². The van der Waals surface area contributed by atoms with Gasteiger partial charge in [-0.15, -0.1) is 34.2 Å². The SMILES string of the molecule is CN=C(NCc1ccccc1-n1nc(C)cc1C)NCc1nnc(C)n1C.I. The van der Waals surface area contributed by atoms with E-state index in [9.17, 15) is 0 Å². The number of para-hydroxylation sites is 1. The molecule has 0 bridgehead atoms. The summed E-state index contributed by atoms with van der Waals surface area (Å²) in [5, 5.41) is 19.5. The molecule has 3 aromatic rings. The van der Waals surface area contributed by atoms with Gasteiger partial charge in [-0.2, -0.15) is 5.10 Å². The Morgan fingerprint density at radius 3 is 2.39 bits per heavy atom. The van der Waals surface area contributed by atoms with Gasteiger partial charge in [-0.3, -0.25) is 4.99 Å². The van der Waals surface area contributed by atoms with E-state index in [2.05, 4.69) is 56.0 Å². The molecule has 150 valence electrons. The number of rotatable bonds is 5. The van der Waals surface area contributed by atoms with Crippen LogP contribution in [0.15, 0.2) is 35.3 Å². The lowest BCUT2D eigenvalue weighted by Gasteiger charge is -2.15. The summed E-state index contributed by atoms with van der Waals surface area (Å²) in [7, 11) is 3.71. The van der Waals surface area contributed by atoms with Gasteiger partial charge in [0.25, 0.3) is 0 Å². The monoisotopic (exact) mass is 494 g/mol. The van der Waals surface area contributed by atoms with E-state index in [-0.39, 0.29) is 24.0 Å². The Morgan fingerprint density at radius 1 is 1.07 bits per heavy atom. The molecule has 0 aliphatic heterocycles. The van der Waals surface area contributed by atoms with Crippen molar-refractivity contribution in [2.75, 3.05) is 7.05 Å². The number of hydrogen-bond acceptors (Lipinski definition) is 4. The molecule has 28 heavy (non-hydrogen) atoms. The number of benzene rings is 1. The fourth-order valence-corrected chi connectivity index (χ4v) is 2.91. The van der Waals surface area contributed by atoms with Crippen molar-refractivity contribution < 1.29 is 0 Å². The summed E-state index contributed by atoms with van der Waals surface area (Å²) in [4.78, 5) is 4.29. The summed E-state index contributed by atoms with van der Waals surface area (Å²) < 4.78 is 3.93. The molecule has 0 unspecified atom stereocenters. The summed E-state index contributed by atoms with van der Waals surface area (Å²) in [5.41, 5.74) is 4.32. The number of aromatic nitrogens is 5. The summed E-state index contributed by atoms with van der Waals surface area (Å²) >= 11 is 0. The molecule has 0 radical (unpaired) electrons. The number of guanidine groups is 1. The first-order valence-corrected chi connectivity index (χ1v) is 8.90. The lowest BCUT2D eigenvalue weighted by Crippen LogP contribution is -2.37. The number of nitrogens with zero attached hydrogens (tertiary/aromatic N) is 6. The predicted molar refractivity (Wildman–Crippen MR) is 121 cm³/mol. The standard InChI is InChI=1S/C19H26N8.HI/c1-13-10-14(2)27(25-13)17-9-7-6-8-16(17)11-21-19(20-4)22-12-18-24-23-15(3)26(18)5;/h6-10H,11-12H2,1-5H3,(H2,20,21,22);1H. The van der Waals surface area contributed by atoms with Crippen molar-refractivity contribution in [1.29, 1.82) is 0 Å². The van der Waals surface area contributed by atoms with Gasteiger partial charge in [-0.25, -0.2) is 4.68 Å². The van der Waals surface area contributed by atoms with Crippen LogP contribution in [0.3, 0.4) is 0 Å². The number of aliphatic imine (C=N–C) groups is 1. The number of halogens is 1. The van der Waals surface area contributed by atoms with Crippen LogP contribution in [0.4, 0.5) is 0 Å². The molecule has 0 aliphatic carbocycles. The van der Waals surface area contributed by atoms with E-state index in [1.165, 1.54) is 0 Å². The van der Waals surface area contributed by atoms with Crippen LogP contribution in [0, 0.1) is 20.8 Å². The molecule has 0 saturated heterocycles. The fourth-order valence-electron chi connectivity index (χ4n) is 2.91. The molecular formula is C19H27IN8. The van der Waals surface area contributed by atoms with Gasteiger partial charge in [0.2, 0.25) is 0 Å². The van der Waals surface area contributed by atoms with Crippen LogP contribution in [0.2, 0.25) is 0 Å². The quantitative estimate of drug-likeness (QED) is 0.324. The van der Waals surface area contributed by atoms with E-state index >= 15 is 0 Å². The molecule has 1 aromatic carbocycles. The predicted octanol–water partition coefficient (Wildman–Crippen LogP) is 2.41. The molecule has 2 aromatic heterocycles. The zero-order valence-corrected chi connectivity index (χ0v) is 19.2. The molecule has 0 amide bonds. The largest absolute Gasteiger partial charge is 0.352 e. The van der Waals surface area contributed by atoms with Gasteiger partial charge in [0.1, 0.15) is 5.82 Å². The number of hydrogen-bond donors (Lipinski definition) is 2. The van der Waals surface area contributed by atoms with E-state index in [0.717, 1.165) is 34.3 Å². The lowest BCUT2D eigenvalue weighted by molar-refractivity contribution is 0.715. The van der Waals surface area contributed by atoms with Crippen LogP contribution in [0.25, 0.3) is 5.69 Å². The summed E-state index contributed by atoms with van der Waals surface area (Å²) in [6, 6.07) is 10.3. The maximum absolute atomic E-state index is 4.60. The van der Waals surface area contributed by atoms with Gasteiger partial charge >= 0.3 is 0 Å². The first-order valence-electron chi connectivity index (χ1n) is 8.90. The van der Waals surface area contributed by atoms with E-state index in [1.54, 1.807) is 7.05 Å². The summed E-state index contributed by atoms with van der Waals surface area (Å²) in [6.45, 7) is 7.18. The topological polar surface area (TPSA) is 84.9 Å². The Labute approximate surface area is 182 Å². The molecule has 0 fully saturated rings. The van der Waals surface area contributed by atoms with Crippen LogP contribution in [0.5, 0.6) is 0 Å². The highest BCUT2D eigenvalue weighted by Gasteiger charge is 2.10. The second-order valence-corrected chi connectivity index (χ2v) is 6.47. The molecule has 2 N–H and O–H groups in total. The Bertz CT molecular complexity index is 957. The average Bonchev–Trinajstić information content (AvgIpc) is 3.17. The van der Waals surface area contributed by atoms with Crippen LogP contribution in [0.1, 0.15) is 28.6 Å². The van der Waals surface area contributed by atoms with Gasteiger partial charge in [-0.05, 0) is 38.5 Å². The van der Waals surface area contributed by atoms with Crippen molar-refractivity contribution >= 4 is 29.9 Å². The first-order chi connectivity index (χ1) is 13.0. The zero-order chi connectivity index (χ0) is 19.4. The highest BCUT2D eigenvalue weighted by Crippen LogP contribution is 2.16. The summed E-state index contributed by atoms with van der Waals surface area (Å²) in [6.07, 6.45) is 0. The van der Waals surface area contributed by atoms with Crippen LogP contribution >= 0.6 is 24.0 Å². The highest BCUT2D eigenvalue weighted by molar-refractivity contribution is 14.0. The number of aryl methyl sites for hydroxylation is 3. The minimum absolute atomic E-state index is 0. The molecule has 9 heteroatoms. The van der Waals surface area contributed by atoms with Crippen molar-refractivity contribution in [3.63, 3.8) is 0 Å². The molecule has 0 spiro atoms. The van der Waals surface area contributed by atoms with E-state index < -0.39 is 0 Å². The second-order valence-electron chi connectivity index (χ2n) is 6.47. The Hall–Kier alpha value is -2.43. The Kier molecular flexibility index (Phi) is 7.55. The lowest BCUT2D eigenvalue weighted by atomic mass is 10.1.